The van der Waals surface area contributed by atoms with Gasteiger partial charge in [-0.1, -0.05) is 25.6 Å². The maximum absolute atomic E-state index is 11.5. The minimum absolute atomic E-state index is 0.225. The Bertz CT molecular complexity index is 579. The Balaban J connectivity index is 2.04. The third-order valence-corrected chi connectivity index (χ3v) is 3.52. The monoisotopic (exact) mass is 296 g/mol. The van der Waals surface area contributed by atoms with E-state index in [0.29, 0.717) is 11.7 Å². The van der Waals surface area contributed by atoms with Crippen molar-refractivity contribution in [3.63, 3.8) is 0 Å². The van der Waals surface area contributed by atoms with E-state index in [2.05, 4.69) is 34.1 Å². The second-order valence-corrected chi connectivity index (χ2v) is 5.54. The smallest absolute Gasteiger partial charge is 0.374 e. The molecule has 0 spiro atoms. The summed E-state index contributed by atoms with van der Waals surface area (Å²) in [7, 11) is 1.32. The summed E-state index contributed by atoms with van der Waals surface area (Å²) in [6.45, 7) is 4.95. The number of furan rings is 1. The van der Waals surface area contributed by atoms with Crippen LogP contribution in [0.2, 0.25) is 0 Å². The van der Waals surface area contributed by atoms with Gasteiger partial charge in [-0.2, -0.15) is 0 Å². The van der Waals surface area contributed by atoms with Gasteiger partial charge in [0.25, 0.3) is 0 Å². The first kappa shape index (κ1) is 14.6. The van der Waals surface area contributed by atoms with E-state index < -0.39 is 5.97 Å². The van der Waals surface area contributed by atoms with Gasteiger partial charge in [-0.25, -0.2) is 9.48 Å². The van der Waals surface area contributed by atoms with Crippen LogP contribution >= 0.6 is 11.8 Å². The Morgan fingerprint density at radius 2 is 2.35 bits per heavy atom. The number of thioether (sulfide) groups is 1. The molecule has 7 nitrogen and oxygen atoms in total. The molecule has 0 fully saturated rings. The fourth-order valence-corrected chi connectivity index (χ4v) is 2.49. The van der Waals surface area contributed by atoms with E-state index in [-0.39, 0.29) is 5.76 Å². The van der Waals surface area contributed by atoms with Crippen molar-refractivity contribution in [3.8, 4) is 0 Å². The van der Waals surface area contributed by atoms with Crippen LogP contribution in [0.1, 0.15) is 30.0 Å². The standard InChI is InChI=1S/C12H16N4O3S/c1-8(2)6-16-12(13-14-15-16)20-7-9-4-5-19-10(9)11(17)18-3/h4-5,8H,6-7H2,1-3H3. The third-order valence-electron chi connectivity index (χ3n) is 2.51. The molecule has 0 amide bonds. The van der Waals surface area contributed by atoms with Crippen molar-refractivity contribution in [2.75, 3.05) is 7.11 Å². The molecule has 0 aliphatic heterocycles. The molecule has 2 aromatic rings. The predicted molar refractivity (Wildman–Crippen MR) is 72.3 cm³/mol. The summed E-state index contributed by atoms with van der Waals surface area (Å²) < 4.78 is 11.6. The number of aromatic nitrogens is 4. The molecule has 0 aromatic carbocycles. The van der Waals surface area contributed by atoms with Crippen LogP contribution < -0.4 is 0 Å². The van der Waals surface area contributed by atoms with Crippen molar-refractivity contribution in [1.29, 1.82) is 0 Å². The average molecular weight is 296 g/mol. The highest BCUT2D eigenvalue weighted by Gasteiger charge is 2.17. The minimum Gasteiger partial charge on any atom is -0.463 e. The molecule has 0 atom stereocenters. The number of esters is 1. The number of carbonyl (C=O) groups excluding carboxylic acids is 1. The van der Waals surface area contributed by atoms with E-state index in [0.717, 1.165) is 17.3 Å². The molecule has 0 aliphatic rings. The summed E-state index contributed by atoms with van der Waals surface area (Å²) in [5, 5.41) is 12.3. The highest BCUT2D eigenvalue weighted by Crippen LogP contribution is 2.23. The van der Waals surface area contributed by atoms with E-state index in [9.17, 15) is 4.79 Å². The zero-order valence-corrected chi connectivity index (χ0v) is 12.4. The molecule has 2 heterocycles. The molecule has 0 radical (unpaired) electrons. The lowest BCUT2D eigenvalue weighted by Crippen LogP contribution is -2.08. The van der Waals surface area contributed by atoms with Gasteiger partial charge in [0.2, 0.25) is 10.9 Å². The van der Waals surface area contributed by atoms with Gasteiger partial charge in [-0.3, -0.25) is 0 Å². The quantitative estimate of drug-likeness (QED) is 0.595. The molecule has 0 saturated heterocycles. The Labute approximate surface area is 120 Å². The molecular formula is C12H16N4O3S. The molecule has 0 bridgehead atoms. The lowest BCUT2D eigenvalue weighted by molar-refractivity contribution is 0.0564. The molecule has 0 aliphatic carbocycles. The van der Waals surface area contributed by atoms with E-state index in [1.165, 1.54) is 25.1 Å². The van der Waals surface area contributed by atoms with Crippen LogP contribution in [-0.2, 0) is 17.0 Å². The van der Waals surface area contributed by atoms with Crippen LogP contribution in [0.15, 0.2) is 21.9 Å². The van der Waals surface area contributed by atoms with Gasteiger partial charge in [-0.15, -0.1) is 5.10 Å². The number of tetrazole rings is 1. The summed E-state index contributed by atoms with van der Waals surface area (Å²) in [5.74, 6) is 0.743. The zero-order valence-electron chi connectivity index (χ0n) is 11.6. The fraction of sp³-hybridized carbons (Fsp3) is 0.500. The van der Waals surface area contributed by atoms with Gasteiger partial charge in [-0.05, 0) is 22.4 Å². The number of methoxy groups -OCH3 is 1. The van der Waals surface area contributed by atoms with Crippen molar-refractivity contribution in [2.45, 2.75) is 31.3 Å². The van der Waals surface area contributed by atoms with Gasteiger partial charge >= 0.3 is 5.97 Å². The van der Waals surface area contributed by atoms with E-state index in [4.69, 9.17) is 4.42 Å². The summed E-state index contributed by atoms with van der Waals surface area (Å²) in [6, 6.07) is 1.75. The summed E-state index contributed by atoms with van der Waals surface area (Å²) in [4.78, 5) is 11.5. The first-order chi connectivity index (χ1) is 9.61. The van der Waals surface area contributed by atoms with Gasteiger partial charge in [0.15, 0.2) is 0 Å². The number of hydrogen-bond donors (Lipinski definition) is 0. The van der Waals surface area contributed by atoms with E-state index in [1.807, 2.05) is 0 Å². The van der Waals surface area contributed by atoms with Crippen molar-refractivity contribution in [2.24, 2.45) is 5.92 Å². The molecule has 108 valence electrons. The summed E-state index contributed by atoms with van der Waals surface area (Å²) in [6.07, 6.45) is 1.47. The number of nitrogens with zero attached hydrogens (tertiary/aromatic N) is 4. The predicted octanol–water partition coefficient (Wildman–Crippen LogP) is 2.00. The van der Waals surface area contributed by atoms with Crippen LogP contribution in [0.5, 0.6) is 0 Å². The number of hydrogen-bond acceptors (Lipinski definition) is 7. The van der Waals surface area contributed by atoms with E-state index in [1.54, 1.807) is 10.7 Å². The number of rotatable bonds is 6. The maximum atomic E-state index is 11.5. The third kappa shape index (κ3) is 3.38. The molecule has 2 rings (SSSR count). The fourth-order valence-electron chi connectivity index (χ4n) is 1.62. The van der Waals surface area contributed by atoms with Crippen LogP contribution in [0.4, 0.5) is 0 Å². The molecule has 0 saturated carbocycles. The van der Waals surface area contributed by atoms with Gasteiger partial charge in [0, 0.05) is 17.9 Å². The van der Waals surface area contributed by atoms with Crippen LogP contribution in [-0.4, -0.2) is 33.3 Å². The molecule has 0 N–H and O–H groups in total. The van der Waals surface area contributed by atoms with Crippen molar-refractivity contribution in [1.82, 2.24) is 20.2 Å². The Hall–Kier alpha value is -1.83. The summed E-state index contributed by atoms with van der Waals surface area (Å²) >= 11 is 1.45. The van der Waals surface area contributed by atoms with Crippen molar-refractivity contribution >= 4 is 17.7 Å². The normalized spacial score (nSPS) is 11.0. The van der Waals surface area contributed by atoms with Crippen LogP contribution in [0, 0.1) is 5.92 Å². The highest BCUT2D eigenvalue weighted by atomic mass is 32.2. The minimum atomic E-state index is -0.479. The lowest BCUT2D eigenvalue weighted by atomic mass is 10.2. The van der Waals surface area contributed by atoms with Crippen LogP contribution in [0.25, 0.3) is 0 Å². The largest absolute Gasteiger partial charge is 0.463 e. The zero-order chi connectivity index (χ0) is 14.5. The SMILES string of the molecule is COC(=O)c1occc1CSc1nnnn1CC(C)C. The molecule has 2 aromatic heterocycles. The van der Waals surface area contributed by atoms with Crippen LogP contribution in [0.3, 0.4) is 0 Å². The summed E-state index contributed by atoms with van der Waals surface area (Å²) in [5.41, 5.74) is 0.765. The van der Waals surface area contributed by atoms with E-state index >= 15 is 0 Å². The number of ether oxygens (including phenoxy) is 1. The topological polar surface area (TPSA) is 83.0 Å². The Kier molecular flexibility index (Phi) is 4.78. The highest BCUT2D eigenvalue weighted by molar-refractivity contribution is 7.98. The maximum Gasteiger partial charge on any atom is 0.374 e. The first-order valence-corrected chi connectivity index (χ1v) is 7.14. The van der Waals surface area contributed by atoms with Crippen molar-refractivity contribution in [3.05, 3.63) is 23.7 Å². The number of carbonyl (C=O) groups is 1. The van der Waals surface area contributed by atoms with Gasteiger partial charge in [0.1, 0.15) is 0 Å². The lowest BCUT2D eigenvalue weighted by Gasteiger charge is -2.06. The molecule has 8 heteroatoms. The van der Waals surface area contributed by atoms with Crippen molar-refractivity contribution < 1.29 is 13.9 Å². The second-order valence-electron chi connectivity index (χ2n) is 4.59. The first-order valence-electron chi connectivity index (χ1n) is 6.15. The Morgan fingerprint density at radius 3 is 3.05 bits per heavy atom. The molecule has 20 heavy (non-hydrogen) atoms. The Morgan fingerprint density at radius 1 is 1.55 bits per heavy atom. The average Bonchev–Trinajstić information content (AvgIpc) is 3.03. The molecular weight excluding hydrogens is 280 g/mol. The second kappa shape index (κ2) is 6.56. The van der Waals surface area contributed by atoms with Gasteiger partial charge in [0.05, 0.1) is 13.4 Å². The molecule has 0 unspecified atom stereocenters. The van der Waals surface area contributed by atoms with Gasteiger partial charge < -0.3 is 9.15 Å².